The third kappa shape index (κ3) is 3.59. The summed E-state index contributed by atoms with van der Waals surface area (Å²) in [5.41, 5.74) is 2.42. The molecular weight excluding hydrogens is 322 g/mol. The van der Waals surface area contributed by atoms with Gasteiger partial charge in [0.05, 0.1) is 15.9 Å². The molecule has 0 aliphatic carbocycles. The molecule has 0 spiro atoms. The molecule has 0 fully saturated rings. The van der Waals surface area contributed by atoms with Gasteiger partial charge in [0.15, 0.2) is 0 Å². The van der Waals surface area contributed by atoms with Crippen molar-refractivity contribution >= 4 is 27.3 Å². The molecule has 1 N–H and O–H groups in total. The van der Waals surface area contributed by atoms with Crippen molar-refractivity contribution in [2.24, 2.45) is 0 Å². The maximum Gasteiger partial charge on any atom is 0.124 e. The summed E-state index contributed by atoms with van der Waals surface area (Å²) in [7, 11) is 1.97. The predicted molar refractivity (Wildman–Crippen MR) is 85.1 cm³/mol. The maximum absolute atomic E-state index is 5.91. The van der Waals surface area contributed by atoms with Gasteiger partial charge in [-0.05, 0) is 59.9 Å². The van der Waals surface area contributed by atoms with Gasteiger partial charge in [0.2, 0.25) is 0 Å². The molecule has 102 valence electrons. The van der Waals surface area contributed by atoms with Gasteiger partial charge in [0.25, 0.3) is 0 Å². The van der Waals surface area contributed by atoms with Crippen molar-refractivity contribution in [2.45, 2.75) is 26.0 Å². The molecule has 1 heterocycles. The van der Waals surface area contributed by atoms with E-state index in [4.69, 9.17) is 4.74 Å². The van der Waals surface area contributed by atoms with Crippen molar-refractivity contribution < 1.29 is 4.74 Å². The van der Waals surface area contributed by atoms with Crippen LogP contribution in [0.2, 0.25) is 0 Å². The third-order valence-electron chi connectivity index (χ3n) is 2.80. The molecule has 0 amide bonds. The summed E-state index contributed by atoms with van der Waals surface area (Å²) >= 11 is 5.22. The maximum atomic E-state index is 5.91. The lowest BCUT2D eigenvalue weighted by molar-refractivity contribution is 0.238. The normalized spacial score (nSPS) is 12.7. The second-order valence-electron chi connectivity index (χ2n) is 4.61. The van der Waals surface area contributed by atoms with Crippen LogP contribution in [0.15, 0.2) is 39.5 Å². The number of hydrogen-bond donors (Lipinski definition) is 1. The summed E-state index contributed by atoms with van der Waals surface area (Å²) in [6.45, 7) is 4.10. The lowest BCUT2D eigenvalue weighted by atomic mass is 10.0. The van der Waals surface area contributed by atoms with Crippen LogP contribution in [0.3, 0.4) is 0 Å². The van der Waals surface area contributed by atoms with Crippen LogP contribution in [0.25, 0.3) is 0 Å². The van der Waals surface area contributed by atoms with E-state index in [-0.39, 0.29) is 12.1 Å². The molecule has 2 aromatic rings. The number of halogens is 1. The number of ether oxygens (including phenoxy) is 1. The first-order valence-electron chi connectivity index (χ1n) is 6.28. The highest BCUT2D eigenvalue weighted by atomic mass is 79.9. The van der Waals surface area contributed by atoms with Gasteiger partial charge in [-0.1, -0.05) is 18.2 Å². The Morgan fingerprint density at radius 1 is 1.26 bits per heavy atom. The standard InChI is InChI=1S/C15H18BrNOS/c1-10(2)18-13-7-5-4-6-12(13)15(17-3)11-8-14(16)19-9-11/h4-10,15,17H,1-3H3. The number of rotatable bonds is 5. The van der Waals surface area contributed by atoms with Crippen molar-refractivity contribution in [2.75, 3.05) is 7.05 Å². The van der Waals surface area contributed by atoms with E-state index in [2.05, 4.69) is 38.8 Å². The fraction of sp³-hybridized carbons (Fsp3) is 0.333. The van der Waals surface area contributed by atoms with E-state index in [1.165, 1.54) is 11.1 Å². The fourth-order valence-corrected chi connectivity index (χ4v) is 3.26. The molecule has 0 aliphatic heterocycles. The van der Waals surface area contributed by atoms with E-state index in [0.717, 1.165) is 9.54 Å². The van der Waals surface area contributed by atoms with Gasteiger partial charge in [-0.15, -0.1) is 11.3 Å². The Morgan fingerprint density at radius 3 is 2.58 bits per heavy atom. The van der Waals surface area contributed by atoms with Crippen LogP contribution in [0.1, 0.15) is 31.0 Å². The molecule has 0 aliphatic rings. The van der Waals surface area contributed by atoms with Crippen molar-refractivity contribution in [3.63, 3.8) is 0 Å². The zero-order valence-corrected chi connectivity index (χ0v) is 13.7. The van der Waals surface area contributed by atoms with E-state index in [1.807, 2.05) is 39.1 Å². The molecule has 0 bridgehead atoms. The molecule has 1 unspecified atom stereocenters. The van der Waals surface area contributed by atoms with Gasteiger partial charge in [0.1, 0.15) is 5.75 Å². The number of nitrogens with one attached hydrogen (secondary N) is 1. The van der Waals surface area contributed by atoms with Crippen LogP contribution in [0.5, 0.6) is 5.75 Å². The zero-order chi connectivity index (χ0) is 13.8. The molecule has 1 aromatic carbocycles. The van der Waals surface area contributed by atoms with Gasteiger partial charge in [0, 0.05) is 5.56 Å². The average molecular weight is 340 g/mol. The minimum absolute atomic E-state index is 0.150. The molecule has 1 aromatic heterocycles. The molecular formula is C15H18BrNOS. The minimum atomic E-state index is 0.150. The highest BCUT2D eigenvalue weighted by Gasteiger charge is 2.18. The lowest BCUT2D eigenvalue weighted by Gasteiger charge is -2.20. The average Bonchev–Trinajstić information content (AvgIpc) is 2.78. The van der Waals surface area contributed by atoms with E-state index in [1.54, 1.807) is 11.3 Å². The number of hydrogen-bond acceptors (Lipinski definition) is 3. The van der Waals surface area contributed by atoms with E-state index < -0.39 is 0 Å². The molecule has 2 rings (SSSR count). The number of para-hydroxylation sites is 1. The second-order valence-corrected chi connectivity index (χ2v) is 6.90. The number of thiophene rings is 1. The minimum Gasteiger partial charge on any atom is -0.491 e. The fourth-order valence-electron chi connectivity index (χ4n) is 2.06. The van der Waals surface area contributed by atoms with Gasteiger partial charge < -0.3 is 10.1 Å². The largest absolute Gasteiger partial charge is 0.491 e. The highest BCUT2D eigenvalue weighted by Crippen LogP contribution is 2.33. The van der Waals surface area contributed by atoms with Crippen LogP contribution in [0.4, 0.5) is 0 Å². The van der Waals surface area contributed by atoms with Crippen molar-refractivity contribution in [1.82, 2.24) is 5.32 Å². The topological polar surface area (TPSA) is 21.3 Å². The summed E-state index contributed by atoms with van der Waals surface area (Å²) in [6, 6.07) is 10.5. The summed E-state index contributed by atoms with van der Waals surface area (Å²) in [4.78, 5) is 0. The first-order valence-corrected chi connectivity index (χ1v) is 7.96. The Bertz CT molecular complexity index is 538. The van der Waals surface area contributed by atoms with E-state index in [9.17, 15) is 0 Å². The van der Waals surface area contributed by atoms with Crippen LogP contribution >= 0.6 is 27.3 Å². The Hall–Kier alpha value is -0.840. The Morgan fingerprint density at radius 2 is 2.00 bits per heavy atom. The summed E-state index contributed by atoms with van der Waals surface area (Å²) < 4.78 is 7.05. The SMILES string of the molecule is CNC(c1csc(Br)c1)c1ccccc1OC(C)C. The predicted octanol–water partition coefficient (Wildman–Crippen LogP) is 4.61. The molecule has 0 radical (unpaired) electrons. The van der Waals surface area contributed by atoms with Crippen molar-refractivity contribution in [3.05, 3.63) is 50.6 Å². The van der Waals surface area contributed by atoms with Crippen LogP contribution in [-0.4, -0.2) is 13.2 Å². The third-order valence-corrected chi connectivity index (χ3v) is 4.33. The molecule has 19 heavy (non-hydrogen) atoms. The summed E-state index contributed by atoms with van der Waals surface area (Å²) in [5, 5.41) is 5.53. The van der Waals surface area contributed by atoms with Gasteiger partial charge in [-0.3, -0.25) is 0 Å². The van der Waals surface area contributed by atoms with Gasteiger partial charge in [-0.2, -0.15) is 0 Å². The van der Waals surface area contributed by atoms with E-state index >= 15 is 0 Å². The second kappa shape index (κ2) is 6.55. The zero-order valence-electron chi connectivity index (χ0n) is 11.3. The quantitative estimate of drug-likeness (QED) is 0.858. The molecule has 4 heteroatoms. The first-order chi connectivity index (χ1) is 9.11. The molecule has 0 saturated carbocycles. The Balaban J connectivity index is 2.38. The Kier molecular flexibility index (Phi) is 5.02. The van der Waals surface area contributed by atoms with Crippen molar-refractivity contribution in [3.8, 4) is 5.75 Å². The highest BCUT2D eigenvalue weighted by molar-refractivity contribution is 9.11. The van der Waals surface area contributed by atoms with Crippen LogP contribution in [0, 0.1) is 0 Å². The van der Waals surface area contributed by atoms with Crippen LogP contribution < -0.4 is 10.1 Å². The summed E-state index contributed by atoms with van der Waals surface area (Å²) in [6.07, 6.45) is 0.174. The number of benzene rings is 1. The lowest BCUT2D eigenvalue weighted by Crippen LogP contribution is -2.19. The molecule has 1 atom stereocenters. The first kappa shape index (κ1) is 14.6. The van der Waals surface area contributed by atoms with E-state index in [0.29, 0.717) is 0 Å². The molecule has 0 saturated heterocycles. The van der Waals surface area contributed by atoms with Gasteiger partial charge >= 0.3 is 0 Å². The van der Waals surface area contributed by atoms with Crippen LogP contribution in [-0.2, 0) is 0 Å². The smallest absolute Gasteiger partial charge is 0.124 e. The van der Waals surface area contributed by atoms with Gasteiger partial charge in [-0.25, -0.2) is 0 Å². The monoisotopic (exact) mass is 339 g/mol. The van der Waals surface area contributed by atoms with Crippen molar-refractivity contribution in [1.29, 1.82) is 0 Å². The summed E-state index contributed by atoms with van der Waals surface area (Å²) in [5.74, 6) is 0.944. The molecule has 2 nitrogen and oxygen atoms in total. The Labute approximate surface area is 126 Å².